The van der Waals surface area contributed by atoms with Crippen molar-refractivity contribution in [3.8, 4) is 0 Å². The maximum absolute atomic E-state index is 5.76. The van der Waals surface area contributed by atoms with Gasteiger partial charge in [-0.1, -0.05) is 12.1 Å². The Balaban J connectivity index is 2.07. The molecule has 92 valence electrons. The van der Waals surface area contributed by atoms with Gasteiger partial charge in [-0.05, 0) is 18.2 Å². The monoisotopic (exact) mass is 240 g/mol. The predicted octanol–water partition coefficient (Wildman–Crippen LogP) is 2.25. The van der Waals surface area contributed by atoms with Crippen molar-refractivity contribution in [2.24, 2.45) is 0 Å². The molecule has 0 saturated carbocycles. The molecule has 0 aliphatic carbocycles. The normalized spacial score (nSPS) is 14.5. The molecule has 1 aliphatic heterocycles. The van der Waals surface area contributed by atoms with Crippen molar-refractivity contribution in [1.29, 1.82) is 0 Å². The second-order valence-electron chi connectivity index (χ2n) is 4.50. The number of hydrogen-bond donors (Lipinski definition) is 1. The molecule has 4 heteroatoms. The van der Waals surface area contributed by atoms with Crippen LogP contribution < -0.4 is 15.5 Å². The number of hydrogen-bond acceptors (Lipinski definition) is 4. The van der Waals surface area contributed by atoms with E-state index < -0.39 is 0 Å². The van der Waals surface area contributed by atoms with Crippen LogP contribution >= 0.6 is 0 Å². The molecule has 2 aromatic rings. The quantitative estimate of drug-likeness (QED) is 0.830. The molecular weight excluding hydrogens is 224 g/mol. The lowest BCUT2D eigenvalue weighted by atomic mass is 10.1. The van der Waals surface area contributed by atoms with Crippen LogP contribution in [0.5, 0.6) is 0 Å². The molecule has 3 rings (SSSR count). The molecule has 18 heavy (non-hydrogen) atoms. The maximum Gasteiger partial charge on any atom is 0.125 e. The number of pyridine rings is 1. The van der Waals surface area contributed by atoms with Crippen LogP contribution in [0.1, 0.15) is 0 Å². The van der Waals surface area contributed by atoms with E-state index in [2.05, 4.69) is 46.1 Å². The zero-order valence-electron chi connectivity index (χ0n) is 10.4. The van der Waals surface area contributed by atoms with Gasteiger partial charge < -0.3 is 15.5 Å². The van der Waals surface area contributed by atoms with Crippen molar-refractivity contribution in [2.45, 2.75) is 0 Å². The Bertz CT molecular complexity index is 567. The Labute approximate surface area is 107 Å². The number of nitrogens with zero attached hydrogens (tertiary/aromatic N) is 3. The van der Waals surface area contributed by atoms with E-state index in [4.69, 9.17) is 5.73 Å². The van der Waals surface area contributed by atoms with E-state index in [1.165, 1.54) is 11.4 Å². The zero-order valence-corrected chi connectivity index (χ0v) is 10.4. The van der Waals surface area contributed by atoms with Crippen molar-refractivity contribution in [1.82, 2.24) is 4.98 Å². The molecule has 0 bridgehead atoms. The van der Waals surface area contributed by atoms with Gasteiger partial charge in [0.2, 0.25) is 0 Å². The zero-order chi connectivity index (χ0) is 12.5. The van der Waals surface area contributed by atoms with Crippen LogP contribution in [-0.4, -0.2) is 25.1 Å². The summed E-state index contributed by atoms with van der Waals surface area (Å²) in [6, 6.07) is 12.3. The summed E-state index contributed by atoms with van der Waals surface area (Å²) in [5.74, 6) is 0.559. The lowest BCUT2D eigenvalue weighted by Gasteiger charge is -2.37. The molecule has 0 spiro atoms. The van der Waals surface area contributed by atoms with E-state index in [-0.39, 0.29) is 0 Å². The molecule has 1 aliphatic rings. The van der Waals surface area contributed by atoms with E-state index in [0.29, 0.717) is 5.82 Å². The number of nitrogen functional groups attached to an aromatic ring is 1. The minimum absolute atomic E-state index is 0.559. The first kappa shape index (κ1) is 10.9. The molecule has 0 amide bonds. The number of likely N-dealkylation sites (N-methyl/N-ethyl adjacent to an activating group) is 1. The molecule has 0 atom stereocenters. The molecule has 1 aromatic carbocycles. The van der Waals surface area contributed by atoms with Crippen molar-refractivity contribution in [3.05, 3.63) is 42.6 Å². The highest BCUT2D eigenvalue weighted by Crippen LogP contribution is 2.36. The Morgan fingerprint density at radius 3 is 2.67 bits per heavy atom. The molecule has 0 unspecified atom stereocenters. The van der Waals surface area contributed by atoms with E-state index in [1.54, 1.807) is 6.20 Å². The van der Waals surface area contributed by atoms with Gasteiger partial charge in [0.25, 0.3) is 0 Å². The van der Waals surface area contributed by atoms with Crippen LogP contribution in [0, 0.1) is 0 Å². The largest absolute Gasteiger partial charge is 0.384 e. The first-order valence-corrected chi connectivity index (χ1v) is 6.05. The first-order chi connectivity index (χ1) is 8.75. The number of nitrogens with two attached hydrogens (primary N) is 1. The van der Waals surface area contributed by atoms with E-state index in [9.17, 15) is 0 Å². The summed E-state index contributed by atoms with van der Waals surface area (Å²) in [6.07, 6.45) is 1.76. The summed E-state index contributed by atoms with van der Waals surface area (Å²) in [5.41, 5.74) is 9.33. The highest BCUT2D eigenvalue weighted by atomic mass is 15.3. The molecule has 2 heterocycles. The van der Waals surface area contributed by atoms with Crippen LogP contribution in [0.2, 0.25) is 0 Å². The van der Waals surface area contributed by atoms with Crippen LogP contribution in [0.4, 0.5) is 22.9 Å². The molecule has 1 aromatic heterocycles. The topological polar surface area (TPSA) is 45.4 Å². The summed E-state index contributed by atoms with van der Waals surface area (Å²) in [6.45, 7) is 1.95. The van der Waals surface area contributed by atoms with Gasteiger partial charge in [0.1, 0.15) is 5.82 Å². The SMILES string of the molecule is CN1CCN(c2ccnc(N)c2)c2ccccc21. The maximum atomic E-state index is 5.76. The van der Waals surface area contributed by atoms with Gasteiger partial charge in [-0.2, -0.15) is 0 Å². The van der Waals surface area contributed by atoms with Gasteiger partial charge in [-0.3, -0.25) is 0 Å². The van der Waals surface area contributed by atoms with E-state index in [0.717, 1.165) is 18.8 Å². The number of benzene rings is 1. The van der Waals surface area contributed by atoms with Crippen LogP contribution in [0.25, 0.3) is 0 Å². The minimum atomic E-state index is 0.559. The van der Waals surface area contributed by atoms with E-state index in [1.807, 2.05) is 12.1 Å². The van der Waals surface area contributed by atoms with Crippen molar-refractivity contribution in [3.63, 3.8) is 0 Å². The fourth-order valence-electron chi connectivity index (χ4n) is 2.38. The molecule has 0 radical (unpaired) electrons. The summed E-state index contributed by atoms with van der Waals surface area (Å²) in [7, 11) is 2.12. The lowest BCUT2D eigenvalue weighted by Crippen LogP contribution is -2.36. The summed E-state index contributed by atoms with van der Waals surface area (Å²) in [5, 5.41) is 0. The Morgan fingerprint density at radius 2 is 1.89 bits per heavy atom. The lowest BCUT2D eigenvalue weighted by molar-refractivity contribution is 0.822. The van der Waals surface area contributed by atoms with Crippen molar-refractivity contribution >= 4 is 22.9 Å². The Kier molecular flexibility index (Phi) is 2.55. The van der Waals surface area contributed by atoms with Gasteiger partial charge >= 0.3 is 0 Å². The first-order valence-electron chi connectivity index (χ1n) is 6.05. The van der Waals surface area contributed by atoms with Gasteiger partial charge in [-0.15, -0.1) is 0 Å². The third-order valence-corrected chi connectivity index (χ3v) is 3.32. The third-order valence-electron chi connectivity index (χ3n) is 3.32. The fraction of sp³-hybridized carbons (Fsp3) is 0.214. The smallest absolute Gasteiger partial charge is 0.125 e. The molecule has 4 nitrogen and oxygen atoms in total. The van der Waals surface area contributed by atoms with Crippen molar-refractivity contribution < 1.29 is 0 Å². The number of fused-ring (bicyclic) bond motifs is 1. The third kappa shape index (κ3) is 1.76. The van der Waals surface area contributed by atoms with Crippen LogP contribution in [0.15, 0.2) is 42.6 Å². The number of anilines is 4. The standard InChI is InChI=1S/C14H16N4/c1-17-8-9-18(11-6-7-16-14(15)10-11)13-5-3-2-4-12(13)17/h2-7,10H,8-9H2,1H3,(H2,15,16). The fourth-order valence-corrected chi connectivity index (χ4v) is 2.38. The molecule has 2 N–H and O–H groups in total. The highest BCUT2D eigenvalue weighted by Gasteiger charge is 2.20. The molecule has 0 fully saturated rings. The van der Waals surface area contributed by atoms with Crippen molar-refractivity contribution in [2.75, 3.05) is 35.7 Å². The average Bonchev–Trinajstić information content (AvgIpc) is 2.39. The number of rotatable bonds is 1. The molecule has 0 saturated heterocycles. The highest BCUT2D eigenvalue weighted by molar-refractivity contribution is 5.79. The van der Waals surface area contributed by atoms with Gasteiger partial charge in [0.05, 0.1) is 11.4 Å². The minimum Gasteiger partial charge on any atom is -0.384 e. The summed E-state index contributed by atoms with van der Waals surface area (Å²) < 4.78 is 0. The summed E-state index contributed by atoms with van der Waals surface area (Å²) in [4.78, 5) is 8.61. The number of aromatic nitrogens is 1. The Morgan fingerprint density at radius 1 is 1.11 bits per heavy atom. The van der Waals surface area contributed by atoms with E-state index >= 15 is 0 Å². The van der Waals surface area contributed by atoms with Crippen LogP contribution in [-0.2, 0) is 0 Å². The second kappa shape index (κ2) is 4.22. The van der Waals surface area contributed by atoms with Gasteiger partial charge in [-0.25, -0.2) is 4.98 Å². The second-order valence-corrected chi connectivity index (χ2v) is 4.50. The molecular formula is C14H16N4. The Hall–Kier alpha value is -2.23. The number of para-hydroxylation sites is 2. The summed E-state index contributed by atoms with van der Waals surface area (Å²) >= 11 is 0. The predicted molar refractivity (Wildman–Crippen MR) is 75.4 cm³/mol. The van der Waals surface area contributed by atoms with Crippen LogP contribution in [0.3, 0.4) is 0 Å². The average molecular weight is 240 g/mol. The van der Waals surface area contributed by atoms with Gasteiger partial charge in [0.15, 0.2) is 0 Å². The van der Waals surface area contributed by atoms with Gasteiger partial charge in [0, 0.05) is 38.1 Å².